The first kappa shape index (κ1) is 19.1. The second-order valence-corrected chi connectivity index (χ2v) is 7.37. The number of amides is 1. The van der Waals surface area contributed by atoms with Gasteiger partial charge in [-0.05, 0) is 18.2 Å². The van der Waals surface area contributed by atoms with Crippen molar-refractivity contribution in [1.29, 1.82) is 0 Å². The number of halogens is 1. The molecule has 0 aliphatic carbocycles. The Morgan fingerprint density at radius 3 is 2.84 bits per heavy atom. The van der Waals surface area contributed by atoms with Gasteiger partial charge in [0.25, 0.3) is 11.7 Å². The monoisotopic (exact) mass is 422 g/mol. The summed E-state index contributed by atoms with van der Waals surface area (Å²) in [7, 11) is 2.94. The lowest BCUT2D eigenvalue weighted by Gasteiger charge is -2.26. The van der Waals surface area contributed by atoms with E-state index >= 15 is 0 Å². The standard InChI is InChI=1S/C22H19FN4O4/c1-30-17-9-25-21(31-2)19-18(17)13(8-24-19)20(28)22(29)27-6-5-16-14(10-27)12-7-11(23)3-4-15(12)26-16/h3-4,7-9,24,26H,5-6,10H2,1-2H3. The molecular weight excluding hydrogens is 403 g/mol. The van der Waals surface area contributed by atoms with Gasteiger partial charge >= 0.3 is 0 Å². The number of aromatic nitrogens is 3. The number of rotatable bonds is 4. The quantitative estimate of drug-likeness (QED) is 0.389. The van der Waals surface area contributed by atoms with Crippen LogP contribution in [0.1, 0.15) is 21.6 Å². The van der Waals surface area contributed by atoms with Crippen molar-refractivity contribution in [3.05, 3.63) is 53.2 Å². The highest BCUT2D eigenvalue weighted by atomic mass is 19.1. The van der Waals surface area contributed by atoms with E-state index in [0.29, 0.717) is 35.5 Å². The predicted octanol–water partition coefficient (Wildman–Crippen LogP) is 2.97. The van der Waals surface area contributed by atoms with Crippen molar-refractivity contribution >= 4 is 33.5 Å². The van der Waals surface area contributed by atoms with Crippen LogP contribution in [-0.2, 0) is 17.8 Å². The Kier molecular flexibility index (Phi) is 4.39. The zero-order chi connectivity index (χ0) is 21.7. The molecule has 4 heterocycles. The average molecular weight is 422 g/mol. The van der Waals surface area contributed by atoms with Crippen LogP contribution in [0.5, 0.6) is 11.6 Å². The van der Waals surface area contributed by atoms with E-state index in [4.69, 9.17) is 9.47 Å². The number of ketones is 1. The summed E-state index contributed by atoms with van der Waals surface area (Å²) in [4.78, 5) is 38.1. The van der Waals surface area contributed by atoms with Gasteiger partial charge in [0.15, 0.2) is 0 Å². The average Bonchev–Trinajstić information content (AvgIpc) is 3.39. The number of hydrogen-bond donors (Lipinski definition) is 2. The van der Waals surface area contributed by atoms with E-state index in [1.807, 2.05) is 0 Å². The first-order valence-corrected chi connectivity index (χ1v) is 9.72. The number of hydrogen-bond acceptors (Lipinski definition) is 5. The number of aromatic amines is 2. The summed E-state index contributed by atoms with van der Waals surface area (Å²) in [5.74, 6) is -0.975. The van der Waals surface area contributed by atoms with Crippen LogP contribution in [0.25, 0.3) is 21.8 Å². The van der Waals surface area contributed by atoms with E-state index in [2.05, 4.69) is 15.0 Å². The Balaban J connectivity index is 1.50. The maximum atomic E-state index is 13.8. The third-order valence-electron chi connectivity index (χ3n) is 5.72. The zero-order valence-corrected chi connectivity index (χ0v) is 16.9. The molecule has 4 aromatic rings. The highest BCUT2D eigenvalue weighted by Gasteiger charge is 2.31. The van der Waals surface area contributed by atoms with Crippen LogP contribution in [0.15, 0.2) is 30.6 Å². The van der Waals surface area contributed by atoms with Gasteiger partial charge in [-0.3, -0.25) is 9.59 Å². The predicted molar refractivity (Wildman–Crippen MR) is 111 cm³/mol. The lowest BCUT2D eigenvalue weighted by atomic mass is 10.0. The van der Waals surface area contributed by atoms with Crippen molar-refractivity contribution in [2.75, 3.05) is 20.8 Å². The number of ether oxygens (including phenoxy) is 2. The van der Waals surface area contributed by atoms with Crippen molar-refractivity contribution < 1.29 is 23.5 Å². The third-order valence-corrected chi connectivity index (χ3v) is 5.72. The minimum atomic E-state index is -0.660. The third kappa shape index (κ3) is 2.92. The first-order chi connectivity index (χ1) is 15.0. The van der Waals surface area contributed by atoms with Gasteiger partial charge in [-0.1, -0.05) is 0 Å². The van der Waals surface area contributed by atoms with E-state index in [0.717, 1.165) is 22.2 Å². The SMILES string of the molecule is COc1ncc(OC)c2c(C(=O)C(=O)N3CCc4[nH]c5ccc(F)cc5c4C3)c[nH]c12. The van der Waals surface area contributed by atoms with Crippen molar-refractivity contribution in [3.63, 3.8) is 0 Å². The smallest absolute Gasteiger partial charge is 0.295 e. The number of methoxy groups -OCH3 is 2. The maximum Gasteiger partial charge on any atom is 0.295 e. The van der Waals surface area contributed by atoms with Crippen molar-refractivity contribution in [2.24, 2.45) is 0 Å². The molecule has 0 radical (unpaired) electrons. The van der Waals surface area contributed by atoms with Crippen molar-refractivity contribution in [2.45, 2.75) is 13.0 Å². The fourth-order valence-corrected chi connectivity index (χ4v) is 4.20. The molecule has 1 aliphatic heterocycles. The van der Waals surface area contributed by atoms with Gasteiger partial charge in [-0.2, -0.15) is 0 Å². The maximum absolute atomic E-state index is 13.8. The normalized spacial score (nSPS) is 13.5. The number of fused-ring (bicyclic) bond motifs is 4. The highest BCUT2D eigenvalue weighted by molar-refractivity contribution is 6.45. The topological polar surface area (TPSA) is 100 Å². The summed E-state index contributed by atoms with van der Waals surface area (Å²) in [5.41, 5.74) is 3.28. The van der Waals surface area contributed by atoms with Crippen molar-refractivity contribution in [3.8, 4) is 11.6 Å². The molecule has 0 bridgehead atoms. The van der Waals surface area contributed by atoms with E-state index in [9.17, 15) is 14.0 Å². The zero-order valence-electron chi connectivity index (χ0n) is 16.9. The molecule has 1 aromatic carbocycles. The summed E-state index contributed by atoms with van der Waals surface area (Å²) in [6.45, 7) is 0.616. The van der Waals surface area contributed by atoms with Gasteiger partial charge in [-0.15, -0.1) is 0 Å². The van der Waals surface area contributed by atoms with Gasteiger partial charge in [-0.25, -0.2) is 9.37 Å². The summed E-state index contributed by atoms with van der Waals surface area (Å²) >= 11 is 0. The second kappa shape index (κ2) is 7.12. The Hall–Kier alpha value is -3.88. The molecule has 158 valence electrons. The molecule has 0 saturated carbocycles. The van der Waals surface area contributed by atoms with Gasteiger partial charge in [0.2, 0.25) is 5.88 Å². The Bertz CT molecular complexity index is 1360. The molecule has 0 saturated heterocycles. The van der Waals surface area contributed by atoms with Crippen LogP contribution in [0, 0.1) is 5.82 Å². The number of pyridine rings is 1. The van der Waals surface area contributed by atoms with Crippen LogP contribution < -0.4 is 9.47 Å². The molecule has 0 atom stereocenters. The molecule has 5 rings (SSSR count). The summed E-state index contributed by atoms with van der Waals surface area (Å²) < 4.78 is 24.3. The van der Waals surface area contributed by atoms with Crippen LogP contribution in [0.3, 0.4) is 0 Å². The molecule has 1 amide bonds. The molecule has 3 aromatic heterocycles. The van der Waals surface area contributed by atoms with Gasteiger partial charge in [0, 0.05) is 47.9 Å². The highest BCUT2D eigenvalue weighted by Crippen LogP contribution is 2.34. The minimum Gasteiger partial charge on any atom is -0.494 e. The fraction of sp³-hybridized carbons (Fsp3) is 0.227. The number of carbonyl (C=O) groups excluding carboxylic acids is 2. The molecule has 2 N–H and O–H groups in total. The lowest BCUT2D eigenvalue weighted by molar-refractivity contribution is -0.127. The second-order valence-electron chi connectivity index (χ2n) is 7.37. The molecule has 31 heavy (non-hydrogen) atoms. The van der Waals surface area contributed by atoms with Crippen molar-refractivity contribution in [1.82, 2.24) is 19.9 Å². The molecule has 9 heteroatoms. The molecular formula is C22H19FN4O4. The van der Waals surface area contributed by atoms with Crippen LogP contribution in [0.2, 0.25) is 0 Å². The number of Topliss-reactive ketones (excluding diaryl/α,β-unsaturated/α-hetero) is 1. The fourth-order valence-electron chi connectivity index (χ4n) is 4.20. The van der Waals surface area contributed by atoms with Gasteiger partial charge in [0.05, 0.1) is 31.4 Å². The Morgan fingerprint density at radius 1 is 1.23 bits per heavy atom. The Morgan fingerprint density at radius 2 is 2.06 bits per heavy atom. The number of H-pyrrole nitrogens is 2. The van der Waals surface area contributed by atoms with Crippen LogP contribution >= 0.6 is 0 Å². The van der Waals surface area contributed by atoms with Gasteiger partial charge < -0.3 is 24.3 Å². The number of benzene rings is 1. The van der Waals surface area contributed by atoms with E-state index in [1.165, 1.54) is 43.6 Å². The number of nitrogens with zero attached hydrogens (tertiary/aromatic N) is 2. The summed E-state index contributed by atoms with van der Waals surface area (Å²) in [6, 6.07) is 4.52. The number of nitrogens with one attached hydrogen (secondary N) is 2. The molecule has 8 nitrogen and oxygen atoms in total. The molecule has 0 fully saturated rings. The first-order valence-electron chi connectivity index (χ1n) is 9.72. The van der Waals surface area contributed by atoms with Gasteiger partial charge in [0.1, 0.15) is 17.1 Å². The molecule has 1 aliphatic rings. The van der Waals surface area contributed by atoms with Crippen LogP contribution in [0.4, 0.5) is 4.39 Å². The largest absolute Gasteiger partial charge is 0.494 e. The van der Waals surface area contributed by atoms with Crippen LogP contribution in [-0.4, -0.2) is 52.3 Å². The Labute approximate surface area is 176 Å². The molecule has 0 unspecified atom stereocenters. The van der Waals surface area contributed by atoms with E-state index < -0.39 is 11.7 Å². The minimum absolute atomic E-state index is 0.188. The lowest BCUT2D eigenvalue weighted by Crippen LogP contribution is -2.40. The molecule has 0 spiro atoms. The summed E-state index contributed by atoms with van der Waals surface area (Å²) in [6.07, 6.45) is 3.47. The summed E-state index contributed by atoms with van der Waals surface area (Å²) in [5, 5.41) is 1.17. The van der Waals surface area contributed by atoms with E-state index in [1.54, 1.807) is 6.07 Å². The number of carbonyl (C=O) groups is 2. The van der Waals surface area contributed by atoms with E-state index in [-0.39, 0.29) is 17.9 Å².